The van der Waals surface area contributed by atoms with Crippen molar-refractivity contribution in [3.63, 3.8) is 0 Å². The fourth-order valence-electron chi connectivity index (χ4n) is 3.85. The summed E-state index contributed by atoms with van der Waals surface area (Å²) < 4.78 is 0.986. The lowest BCUT2D eigenvalue weighted by Gasteiger charge is -2.13. The van der Waals surface area contributed by atoms with Gasteiger partial charge in [-0.15, -0.1) is 34.4 Å². The third kappa shape index (κ3) is 8.51. The summed E-state index contributed by atoms with van der Waals surface area (Å²) in [5.74, 6) is -1.02. The standard InChI is InChI=1S/C32H25BrN4O3S3/c1-20(29(38)37-32-36-28(19-42-32)21-12-14-23(33)15-13-21)43-26-10-5-9-24(17-26)34-31(40)27(18-25-11-6-16-41-25)35-30(39)22-7-3-2-4-8-22/h2-20H,1H3,(H,34,40)(H,35,39)(H,36,37,38)/b27-18-. The molecule has 0 saturated carbocycles. The molecule has 0 spiro atoms. The van der Waals surface area contributed by atoms with Crippen LogP contribution in [0.4, 0.5) is 10.8 Å². The first-order chi connectivity index (χ1) is 20.8. The van der Waals surface area contributed by atoms with Crippen LogP contribution in [0.15, 0.2) is 117 Å². The molecule has 0 aliphatic carbocycles. The zero-order valence-electron chi connectivity index (χ0n) is 22.7. The molecule has 216 valence electrons. The monoisotopic (exact) mass is 688 g/mol. The molecule has 3 N–H and O–H groups in total. The number of anilines is 2. The van der Waals surface area contributed by atoms with Crippen LogP contribution in [0.5, 0.6) is 0 Å². The normalized spacial score (nSPS) is 11.9. The molecule has 0 fully saturated rings. The number of hydrogen-bond acceptors (Lipinski definition) is 7. The maximum Gasteiger partial charge on any atom is 0.272 e. The molecule has 5 aromatic rings. The van der Waals surface area contributed by atoms with Crippen molar-refractivity contribution >= 4 is 85.0 Å². The second-order valence-corrected chi connectivity index (χ2v) is 13.3. The quantitative estimate of drug-likeness (QED) is 0.102. The van der Waals surface area contributed by atoms with E-state index in [2.05, 4.69) is 36.9 Å². The molecule has 0 aliphatic rings. The van der Waals surface area contributed by atoms with Crippen molar-refractivity contribution in [3.05, 3.63) is 122 Å². The number of nitrogens with zero attached hydrogens (tertiary/aromatic N) is 1. The molecule has 1 atom stereocenters. The Balaban J connectivity index is 1.22. The van der Waals surface area contributed by atoms with Gasteiger partial charge in [0.1, 0.15) is 5.70 Å². The number of thioether (sulfide) groups is 1. The van der Waals surface area contributed by atoms with E-state index < -0.39 is 11.2 Å². The van der Waals surface area contributed by atoms with Gasteiger partial charge >= 0.3 is 0 Å². The predicted octanol–water partition coefficient (Wildman–Crippen LogP) is 8.16. The average molecular weight is 690 g/mol. The molecule has 0 bridgehead atoms. The van der Waals surface area contributed by atoms with Crippen molar-refractivity contribution in [2.24, 2.45) is 0 Å². The van der Waals surface area contributed by atoms with E-state index in [4.69, 9.17) is 0 Å². The largest absolute Gasteiger partial charge is 0.321 e. The van der Waals surface area contributed by atoms with Gasteiger partial charge < -0.3 is 16.0 Å². The number of rotatable bonds is 10. The van der Waals surface area contributed by atoms with Crippen molar-refractivity contribution < 1.29 is 14.4 Å². The van der Waals surface area contributed by atoms with E-state index >= 15 is 0 Å². The second-order valence-electron chi connectivity index (χ2n) is 9.17. The number of thiophene rings is 1. The summed E-state index contributed by atoms with van der Waals surface area (Å²) in [6, 6.07) is 27.5. The molecule has 3 aromatic carbocycles. The van der Waals surface area contributed by atoms with Crippen molar-refractivity contribution in [3.8, 4) is 11.3 Å². The minimum atomic E-state index is -0.462. The Kier molecular flexibility index (Phi) is 10.2. The summed E-state index contributed by atoms with van der Waals surface area (Å²) >= 11 is 7.62. The molecule has 43 heavy (non-hydrogen) atoms. The number of carbonyl (C=O) groups excluding carboxylic acids is 3. The van der Waals surface area contributed by atoms with Gasteiger partial charge in [-0.05, 0) is 66.9 Å². The highest BCUT2D eigenvalue weighted by atomic mass is 79.9. The summed E-state index contributed by atoms with van der Waals surface area (Å²) in [7, 11) is 0. The predicted molar refractivity (Wildman–Crippen MR) is 180 cm³/mol. The van der Waals surface area contributed by atoms with Gasteiger partial charge in [0.25, 0.3) is 11.8 Å². The zero-order chi connectivity index (χ0) is 30.2. The van der Waals surface area contributed by atoms with E-state index in [0.29, 0.717) is 16.4 Å². The molecule has 2 aromatic heterocycles. The topological polar surface area (TPSA) is 100 Å². The van der Waals surface area contributed by atoms with Crippen LogP contribution in [-0.2, 0) is 9.59 Å². The van der Waals surface area contributed by atoms with Crippen LogP contribution in [0.3, 0.4) is 0 Å². The average Bonchev–Trinajstić information content (AvgIpc) is 3.70. The lowest BCUT2D eigenvalue weighted by Crippen LogP contribution is -2.30. The van der Waals surface area contributed by atoms with E-state index in [0.717, 1.165) is 25.5 Å². The minimum Gasteiger partial charge on any atom is -0.321 e. The van der Waals surface area contributed by atoms with E-state index in [1.165, 1.54) is 34.4 Å². The first kappa shape index (κ1) is 30.4. The number of halogens is 1. The van der Waals surface area contributed by atoms with Crippen LogP contribution in [0, 0.1) is 0 Å². The van der Waals surface area contributed by atoms with Crippen LogP contribution in [-0.4, -0.2) is 28.0 Å². The third-order valence-electron chi connectivity index (χ3n) is 6.01. The zero-order valence-corrected chi connectivity index (χ0v) is 26.8. The Hall–Kier alpha value is -4.03. The number of benzene rings is 3. The molecule has 0 aliphatic heterocycles. The summed E-state index contributed by atoms with van der Waals surface area (Å²) in [5, 5.41) is 12.4. The van der Waals surface area contributed by atoms with Crippen molar-refractivity contribution in [1.82, 2.24) is 10.3 Å². The van der Waals surface area contributed by atoms with Crippen LogP contribution >= 0.6 is 50.4 Å². The number of hydrogen-bond donors (Lipinski definition) is 3. The van der Waals surface area contributed by atoms with Gasteiger partial charge in [-0.3, -0.25) is 14.4 Å². The highest BCUT2D eigenvalue weighted by molar-refractivity contribution is 9.10. The smallest absolute Gasteiger partial charge is 0.272 e. The summed E-state index contributed by atoms with van der Waals surface area (Å²) in [4.78, 5) is 45.2. The molecule has 5 rings (SSSR count). The van der Waals surface area contributed by atoms with Crippen molar-refractivity contribution in [1.29, 1.82) is 0 Å². The highest BCUT2D eigenvalue weighted by Crippen LogP contribution is 2.29. The maximum atomic E-state index is 13.3. The number of amides is 3. The van der Waals surface area contributed by atoms with E-state index in [1.54, 1.807) is 48.5 Å². The first-order valence-corrected chi connectivity index (χ1v) is 16.5. The molecule has 3 amide bonds. The number of carbonyl (C=O) groups is 3. The van der Waals surface area contributed by atoms with Crippen LogP contribution in [0.2, 0.25) is 0 Å². The molecule has 11 heteroatoms. The van der Waals surface area contributed by atoms with Crippen molar-refractivity contribution in [2.45, 2.75) is 17.1 Å². The molecular weight excluding hydrogens is 664 g/mol. The number of aromatic nitrogens is 1. The fourth-order valence-corrected chi connectivity index (χ4v) is 6.42. The van der Waals surface area contributed by atoms with Crippen LogP contribution < -0.4 is 16.0 Å². The van der Waals surface area contributed by atoms with E-state index in [-0.39, 0.29) is 17.5 Å². The summed E-state index contributed by atoms with van der Waals surface area (Å²) in [5.41, 5.74) is 2.86. The maximum absolute atomic E-state index is 13.3. The van der Waals surface area contributed by atoms with Gasteiger partial charge in [-0.2, -0.15) is 0 Å². The first-order valence-electron chi connectivity index (χ1n) is 13.1. The van der Waals surface area contributed by atoms with Crippen molar-refractivity contribution in [2.75, 3.05) is 10.6 Å². The Morgan fingerprint density at radius 1 is 0.907 bits per heavy atom. The summed E-state index contributed by atoms with van der Waals surface area (Å²) in [6.45, 7) is 1.81. The Bertz CT molecular complexity index is 1750. The van der Waals surface area contributed by atoms with Gasteiger partial charge in [0.05, 0.1) is 10.9 Å². The van der Waals surface area contributed by atoms with Gasteiger partial charge in [0.2, 0.25) is 5.91 Å². The lowest BCUT2D eigenvalue weighted by atomic mass is 10.2. The number of thiazole rings is 1. The van der Waals surface area contributed by atoms with Crippen LogP contribution in [0.1, 0.15) is 22.2 Å². The molecular formula is C32H25BrN4O3S3. The Labute approximate surface area is 269 Å². The van der Waals surface area contributed by atoms with E-state index in [1.807, 2.05) is 66.2 Å². The second kappa shape index (κ2) is 14.4. The summed E-state index contributed by atoms with van der Waals surface area (Å²) in [6.07, 6.45) is 1.65. The van der Waals surface area contributed by atoms with Gasteiger partial charge in [-0.1, -0.05) is 58.4 Å². The Morgan fingerprint density at radius 3 is 2.44 bits per heavy atom. The van der Waals surface area contributed by atoms with Gasteiger partial charge in [0.15, 0.2) is 5.13 Å². The van der Waals surface area contributed by atoms with Gasteiger partial charge in [-0.25, -0.2) is 4.98 Å². The third-order valence-corrected chi connectivity index (χ3v) is 9.21. The molecule has 2 heterocycles. The Morgan fingerprint density at radius 2 is 1.70 bits per heavy atom. The van der Waals surface area contributed by atoms with E-state index in [9.17, 15) is 14.4 Å². The molecule has 0 saturated heterocycles. The minimum absolute atomic E-state index is 0.119. The van der Waals surface area contributed by atoms with Gasteiger partial charge in [0, 0.05) is 36.4 Å². The highest BCUT2D eigenvalue weighted by Gasteiger charge is 2.18. The molecule has 0 radical (unpaired) electrons. The van der Waals surface area contributed by atoms with Crippen LogP contribution in [0.25, 0.3) is 17.3 Å². The lowest BCUT2D eigenvalue weighted by molar-refractivity contribution is -0.115. The molecule has 7 nitrogen and oxygen atoms in total. The number of nitrogens with one attached hydrogen (secondary N) is 3. The molecule has 1 unspecified atom stereocenters. The fraction of sp³-hybridized carbons (Fsp3) is 0.0625. The SMILES string of the molecule is CC(Sc1cccc(NC(=O)/C(=C/c2cccs2)NC(=O)c2ccccc2)c1)C(=O)Nc1nc(-c2ccc(Br)cc2)cs1.